The minimum atomic E-state index is -1.71. The van der Waals surface area contributed by atoms with Gasteiger partial charge < -0.3 is 54.0 Å². The molecular formula is C41H66N2O12. The lowest BCUT2D eigenvalue weighted by molar-refractivity contribution is -0.300. The SMILES string of the molecule is CCCOC(C(=O)O[C@H]1[C@H](C)[C@@H](O[C@@H]2O[C@H](C)C[C@H](N(C)C)[C@H]2O)[C@@](C)(O)C[C@@H](C)[C@H](N)[C@H](C)[C@H]2OC(=O)O[C@]2(C)C(CC)OC(=O)[C@@H]1C)c1ccccc1. The van der Waals surface area contributed by atoms with Crippen molar-refractivity contribution in [2.24, 2.45) is 29.4 Å². The van der Waals surface area contributed by atoms with Gasteiger partial charge in [0.2, 0.25) is 0 Å². The van der Waals surface area contributed by atoms with E-state index in [1.807, 2.05) is 59.7 Å². The summed E-state index contributed by atoms with van der Waals surface area (Å²) in [7, 11) is 3.72. The number of hydrogen-bond donors (Lipinski definition) is 3. The molecule has 0 spiro atoms. The predicted octanol–water partition coefficient (Wildman–Crippen LogP) is 4.52. The number of esters is 2. The highest BCUT2D eigenvalue weighted by Crippen LogP contribution is 2.43. The van der Waals surface area contributed by atoms with Gasteiger partial charge in [-0.1, -0.05) is 65.0 Å². The Kier molecular flexibility index (Phi) is 15.2. The number of aliphatic hydroxyl groups excluding tert-OH is 1. The van der Waals surface area contributed by atoms with Crippen LogP contribution in [-0.2, 0) is 42.7 Å². The van der Waals surface area contributed by atoms with Crippen LogP contribution < -0.4 is 5.73 Å². The van der Waals surface area contributed by atoms with Gasteiger partial charge in [-0.25, -0.2) is 9.59 Å². The van der Waals surface area contributed by atoms with Gasteiger partial charge in [-0.3, -0.25) is 4.79 Å². The third kappa shape index (κ3) is 10.0. The van der Waals surface area contributed by atoms with E-state index in [-0.39, 0.29) is 31.6 Å². The molecule has 14 heteroatoms. The summed E-state index contributed by atoms with van der Waals surface area (Å²) >= 11 is 0. The van der Waals surface area contributed by atoms with Gasteiger partial charge in [0.05, 0.1) is 23.7 Å². The van der Waals surface area contributed by atoms with Crippen molar-refractivity contribution in [3.8, 4) is 0 Å². The van der Waals surface area contributed by atoms with Gasteiger partial charge in [0.1, 0.15) is 18.3 Å². The Morgan fingerprint density at radius 2 is 1.69 bits per heavy atom. The molecule has 3 saturated heterocycles. The molecular weight excluding hydrogens is 712 g/mol. The first-order valence-electron chi connectivity index (χ1n) is 19.9. The fraction of sp³-hybridized carbons (Fsp3) is 0.780. The van der Waals surface area contributed by atoms with Crippen LogP contribution in [0.1, 0.15) is 99.7 Å². The average Bonchev–Trinajstić information content (AvgIpc) is 3.45. The van der Waals surface area contributed by atoms with Crippen LogP contribution in [0.5, 0.6) is 0 Å². The highest BCUT2D eigenvalue weighted by Gasteiger charge is 2.59. The minimum Gasteiger partial charge on any atom is -0.459 e. The third-order valence-corrected chi connectivity index (χ3v) is 11.9. The number of carbonyl (C=O) groups excluding carboxylic acids is 3. The quantitative estimate of drug-likeness (QED) is 0.222. The van der Waals surface area contributed by atoms with Gasteiger partial charge in [0.25, 0.3) is 0 Å². The van der Waals surface area contributed by atoms with Crippen molar-refractivity contribution in [3.05, 3.63) is 35.9 Å². The molecule has 55 heavy (non-hydrogen) atoms. The lowest BCUT2D eigenvalue weighted by Crippen LogP contribution is -2.60. The average molecular weight is 779 g/mol. The Bertz CT molecular complexity index is 1430. The van der Waals surface area contributed by atoms with Crippen molar-refractivity contribution in [2.75, 3.05) is 20.7 Å². The van der Waals surface area contributed by atoms with Crippen molar-refractivity contribution in [3.63, 3.8) is 0 Å². The summed E-state index contributed by atoms with van der Waals surface area (Å²) in [5.41, 5.74) is 4.37. The van der Waals surface area contributed by atoms with Crippen LogP contribution in [-0.4, -0.2) is 120 Å². The number of carbonyl (C=O) groups is 3. The molecule has 16 atom stereocenters. The van der Waals surface area contributed by atoms with Gasteiger partial charge >= 0.3 is 18.1 Å². The molecule has 0 radical (unpaired) electrons. The molecule has 3 aliphatic rings. The molecule has 3 fully saturated rings. The van der Waals surface area contributed by atoms with E-state index in [0.29, 0.717) is 18.4 Å². The van der Waals surface area contributed by atoms with E-state index >= 15 is 0 Å². The summed E-state index contributed by atoms with van der Waals surface area (Å²) in [6.45, 7) is 16.2. The first-order chi connectivity index (χ1) is 25.8. The molecule has 0 saturated carbocycles. The number of fused-ring (bicyclic) bond motifs is 1. The molecule has 1 aromatic rings. The zero-order valence-electron chi connectivity index (χ0n) is 34.5. The standard InChI is InChI=1S/C41H66N2O12/c1-12-19-49-33(27-17-15-14-16-18-27)37(46)52-32-25(6)34(53-38-31(44)28(43(10)11)20-23(4)50-38)40(8,48)21-22(3)30(42)24(5)35-41(9,55-39(47)54-35)29(13-2)51-36(45)26(32)7/h14-18,22-26,28-35,38,44,48H,12-13,19-21,42H2,1-11H3/t22-,23-,24+,25+,26-,28+,29?,30+,31-,32+,33?,34-,35-,38+,40+,41-/m1/s1. The largest absolute Gasteiger partial charge is 0.509 e. The third-order valence-electron chi connectivity index (χ3n) is 11.9. The smallest absolute Gasteiger partial charge is 0.459 e. The molecule has 2 unspecified atom stereocenters. The van der Waals surface area contributed by atoms with Crippen LogP contribution in [0.2, 0.25) is 0 Å². The maximum Gasteiger partial charge on any atom is 0.509 e. The van der Waals surface area contributed by atoms with Gasteiger partial charge in [0.15, 0.2) is 24.1 Å². The van der Waals surface area contributed by atoms with Crippen molar-refractivity contribution in [1.82, 2.24) is 4.90 Å². The zero-order valence-corrected chi connectivity index (χ0v) is 34.5. The summed E-state index contributed by atoms with van der Waals surface area (Å²) in [5.74, 6) is -4.41. The second-order valence-electron chi connectivity index (χ2n) is 16.7. The predicted molar refractivity (Wildman–Crippen MR) is 202 cm³/mol. The maximum atomic E-state index is 14.4. The molecule has 14 nitrogen and oxygen atoms in total. The van der Waals surface area contributed by atoms with Crippen LogP contribution >= 0.6 is 0 Å². The molecule has 3 aliphatic heterocycles. The van der Waals surface area contributed by atoms with Crippen molar-refractivity contribution in [1.29, 1.82) is 0 Å². The van der Waals surface area contributed by atoms with Crippen molar-refractivity contribution < 1.29 is 57.8 Å². The van der Waals surface area contributed by atoms with Gasteiger partial charge in [-0.15, -0.1) is 0 Å². The second kappa shape index (κ2) is 18.6. The molecule has 0 amide bonds. The highest BCUT2D eigenvalue weighted by molar-refractivity contribution is 5.78. The lowest BCUT2D eigenvalue weighted by Gasteiger charge is -2.48. The fourth-order valence-corrected chi connectivity index (χ4v) is 8.80. The van der Waals surface area contributed by atoms with Crippen LogP contribution in [0.15, 0.2) is 30.3 Å². The van der Waals surface area contributed by atoms with Gasteiger partial charge in [-0.05, 0) is 79.0 Å². The number of hydrogen-bond acceptors (Lipinski definition) is 14. The summed E-state index contributed by atoms with van der Waals surface area (Å²) in [6, 6.07) is 7.97. The van der Waals surface area contributed by atoms with E-state index in [1.165, 1.54) is 0 Å². The molecule has 312 valence electrons. The second-order valence-corrected chi connectivity index (χ2v) is 16.7. The van der Waals surface area contributed by atoms with Crippen LogP contribution in [0, 0.1) is 23.7 Å². The van der Waals surface area contributed by atoms with Crippen LogP contribution in [0.3, 0.4) is 0 Å². The Morgan fingerprint density at radius 1 is 1.04 bits per heavy atom. The lowest BCUT2D eigenvalue weighted by atomic mass is 9.72. The summed E-state index contributed by atoms with van der Waals surface area (Å²) < 4.78 is 42.9. The highest BCUT2D eigenvalue weighted by atomic mass is 16.8. The zero-order chi connectivity index (χ0) is 41.0. The Labute approximate surface area is 326 Å². The van der Waals surface area contributed by atoms with Gasteiger partial charge in [-0.2, -0.15) is 0 Å². The van der Waals surface area contributed by atoms with Crippen LogP contribution in [0.4, 0.5) is 4.79 Å². The molecule has 0 bridgehead atoms. The summed E-state index contributed by atoms with van der Waals surface area (Å²) in [5, 5.41) is 24.2. The van der Waals surface area contributed by atoms with E-state index in [1.54, 1.807) is 52.0 Å². The van der Waals surface area contributed by atoms with Crippen molar-refractivity contribution >= 4 is 18.1 Å². The van der Waals surface area contributed by atoms with Crippen molar-refractivity contribution in [2.45, 2.75) is 160 Å². The summed E-state index contributed by atoms with van der Waals surface area (Å²) in [6.07, 6.45) is -7.36. The molecule has 3 heterocycles. The Hall–Kier alpha value is -2.85. The van der Waals surface area contributed by atoms with E-state index < -0.39 is 102 Å². The molecule has 1 aromatic carbocycles. The number of likely N-dealkylation sites (N-methyl/N-ethyl adjacent to an activating group) is 1. The topological polar surface area (TPSA) is 186 Å². The van der Waals surface area contributed by atoms with E-state index in [0.717, 1.165) is 0 Å². The number of aliphatic hydroxyl groups is 2. The number of nitrogens with two attached hydrogens (primary N) is 1. The Morgan fingerprint density at radius 3 is 2.29 bits per heavy atom. The first kappa shape index (κ1) is 44.9. The molecule has 0 aliphatic carbocycles. The normalized spacial score (nSPS) is 41.0. The minimum absolute atomic E-state index is 0.0736. The first-order valence-corrected chi connectivity index (χ1v) is 19.9. The van der Waals surface area contributed by atoms with Gasteiger partial charge in [0, 0.05) is 30.5 Å². The van der Waals surface area contributed by atoms with Crippen LogP contribution in [0.25, 0.3) is 0 Å². The molecule has 4 rings (SSSR count). The number of cyclic esters (lactones) is 1. The number of ether oxygens (including phenoxy) is 7. The van der Waals surface area contributed by atoms with E-state index in [2.05, 4.69) is 0 Å². The molecule has 4 N–H and O–H groups in total. The monoisotopic (exact) mass is 778 g/mol. The fourth-order valence-electron chi connectivity index (χ4n) is 8.80. The summed E-state index contributed by atoms with van der Waals surface area (Å²) in [4.78, 5) is 43.3. The number of benzene rings is 1. The Balaban J connectivity index is 1.85. The molecule has 0 aromatic heterocycles. The van der Waals surface area contributed by atoms with E-state index in [9.17, 15) is 24.6 Å². The maximum absolute atomic E-state index is 14.4. The van der Waals surface area contributed by atoms with E-state index in [4.69, 9.17) is 38.9 Å². The number of rotatable bonds is 10. The number of nitrogens with zero attached hydrogens (tertiary/aromatic N) is 1.